The Labute approximate surface area is 268 Å². The summed E-state index contributed by atoms with van der Waals surface area (Å²) in [7, 11) is 0. The summed E-state index contributed by atoms with van der Waals surface area (Å²) >= 11 is 0. The molecule has 4 N–H and O–H groups in total. The third-order valence-corrected chi connectivity index (χ3v) is 8.11. The Kier molecular flexibility index (Phi) is 9.94. The molecule has 10 nitrogen and oxygen atoms in total. The molecule has 0 radical (unpaired) electrons. The second kappa shape index (κ2) is 14.1. The molecule has 2 heterocycles. The Morgan fingerprint density at radius 2 is 1.85 bits per heavy atom. The van der Waals surface area contributed by atoms with E-state index in [1.165, 1.54) is 6.33 Å². The average molecular weight is 627 g/mol. The molecule has 0 saturated heterocycles. The van der Waals surface area contributed by atoms with E-state index in [4.69, 9.17) is 9.15 Å². The Bertz CT molecular complexity index is 1690. The number of imidazole rings is 1. The van der Waals surface area contributed by atoms with E-state index in [1.54, 1.807) is 51.2 Å². The van der Waals surface area contributed by atoms with Gasteiger partial charge < -0.3 is 29.9 Å². The second-order valence-electron chi connectivity index (χ2n) is 12.9. The highest BCUT2D eigenvalue weighted by atomic mass is 16.6. The molecule has 0 unspecified atom stereocenters. The zero-order valence-corrected chi connectivity index (χ0v) is 26.7. The van der Waals surface area contributed by atoms with Crippen LogP contribution in [-0.2, 0) is 22.4 Å². The number of aromatic amines is 1. The number of carbonyl (C=O) groups is 2. The number of alkyl carbamates (subject to hydrolysis) is 1. The Hall–Kier alpha value is -4.86. The van der Waals surface area contributed by atoms with Crippen LogP contribution in [-0.4, -0.2) is 38.7 Å². The maximum Gasteiger partial charge on any atom is 0.408 e. The number of anilines is 1. The molecule has 2 aromatic heterocycles. The lowest BCUT2D eigenvalue weighted by Gasteiger charge is -2.23. The summed E-state index contributed by atoms with van der Waals surface area (Å²) in [5.74, 6) is -0.372. The van der Waals surface area contributed by atoms with Crippen LogP contribution in [0.3, 0.4) is 0 Å². The largest absolute Gasteiger partial charge is 0.507 e. The number of hydrogen-bond acceptors (Lipinski definition) is 7. The number of nitrogens with one attached hydrogen (secondary N) is 3. The van der Waals surface area contributed by atoms with E-state index in [-0.39, 0.29) is 29.6 Å². The topological polar surface area (TPSA) is 147 Å². The number of benzene rings is 2. The fourth-order valence-corrected chi connectivity index (χ4v) is 5.76. The minimum absolute atomic E-state index is 0.0584. The number of H-pyrrole nitrogens is 1. The van der Waals surface area contributed by atoms with E-state index < -0.39 is 35.2 Å². The first-order chi connectivity index (χ1) is 22.0. The van der Waals surface area contributed by atoms with Crippen molar-refractivity contribution in [3.05, 3.63) is 112 Å². The van der Waals surface area contributed by atoms with Crippen molar-refractivity contribution in [2.75, 3.05) is 5.32 Å². The number of aromatic nitrogens is 2. The van der Waals surface area contributed by atoms with E-state index in [0.717, 1.165) is 30.4 Å². The molecular formula is C36H42N4O6. The molecule has 1 saturated carbocycles. The van der Waals surface area contributed by atoms with Gasteiger partial charge in [0.25, 0.3) is 0 Å². The number of ether oxygens (including phenoxy) is 1. The van der Waals surface area contributed by atoms with Gasteiger partial charge >= 0.3 is 11.7 Å². The van der Waals surface area contributed by atoms with Crippen LogP contribution in [0, 0.1) is 5.92 Å². The smallest absolute Gasteiger partial charge is 0.408 e. The normalized spacial score (nSPS) is 15.0. The van der Waals surface area contributed by atoms with E-state index in [9.17, 15) is 19.5 Å². The van der Waals surface area contributed by atoms with Gasteiger partial charge in [0, 0.05) is 41.9 Å². The molecule has 46 heavy (non-hydrogen) atoms. The predicted molar refractivity (Wildman–Crippen MR) is 175 cm³/mol. The SMILES string of the molecule is CC[C@H](Cc1ccccc1)c1cc(O)c([C@@H](c2cccc(NC(=O)[C@H](Cc3cnc[nH]3)NC(=O)OC(C)(C)C)c2)C2CC2)c(=O)o1. The summed E-state index contributed by atoms with van der Waals surface area (Å²) in [5, 5.41) is 16.8. The zero-order valence-electron chi connectivity index (χ0n) is 26.7. The Morgan fingerprint density at radius 3 is 2.48 bits per heavy atom. The van der Waals surface area contributed by atoms with Crippen molar-refractivity contribution >= 4 is 17.7 Å². The van der Waals surface area contributed by atoms with Crippen LogP contribution in [0.2, 0.25) is 0 Å². The maximum atomic E-state index is 13.5. The third kappa shape index (κ3) is 8.44. The summed E-state index contributed by atoms with van der Waals surface area (Å²) < 4.78 is 11.3. The Morgan fingerprint density at radius 1 is 1.09 bits per heavy atom. The third-order valence-electron chi connectivity index (χ3n) is 8.11. The molecule has 10 heteroatoms. The summed E-state index contributed by atoms with van der Waals surface area (Å²) in [6, 6.07) is 17.9. The zero-order chi connectivity index (χ0) is 32.8. The van der Waals surface area contributed by atoms with E-state index in [1.807, 2.05) is 43.3 Å². The van der Waals surface area contributed by atoms with Gasteiger partial charge in [0.2, 0.25) is 5.91 Å². The number of carbonyl (C=O) groups excluding carboxylic acids is 2. The van der Waals surface area contributed by atoms with Crippen LogP contribution in [0.25, 0.3) is 0 Å². The van der Waals surface area contributed by atoms with Crippen molar-refractivity contribution in [1.82, 2.24) is 15.3 Å². The summed E-state index contributed by atoms with van der Waals surface area (Å²) in [5.41, 5.74) is 2.00. The van der Waals surface area contributed by atoms with Crippen molar-refractivity contribution in [2.45, 2.75) is 83.3 Å². The Balaban J connectivity index is 1.38. The highest BCUT2D eigenvalue weighted by Gasteiger charge is 2.38. The fourth-order valence-electron chi connectivity index (χ4n) is 5.76. The van der Waals surface area contributed by atoms with Gasteiger partial charge in [0.05, 0.1) is 11.9 Å². The van der Waals surface area contributed by atoms with Gasteiger partial charge in [-0.05, 0) is 75.6 Å². The highest BCUT2D eigenvalue weighted by Crippen LogP contribution is 2.48. The van der Waals surface area contributed by atoms with E-state index in [2.05, 4.69) is 20.6 Å². The maximum absolute atomic E-state index is 13.5. The van der Waals surface area contributed by atoms with Crippen LogP contribution >= 0.6 is 0 Å². The quantitative estimate of drug-likeness (QED) is 0.142. The number of amides is 2. The standard InChI is InChI=1S/C36H42N4O6/c1-5-23(16-22-10-7-6-8-11-22)30-19-29(41)32(34(43)45-30)31(24-14-15-24)25-12-9-13-26(17-25)39-33(42)28(18-27-20-37-21-38-27)40-35(44)46-36(2,3)4/h6-13,17,19-21,23-24,28,31,41H,5,14-16,18H2,1-4H3,(H,37,38)(H,39,42)(H,40,44)/t23-,28+,31-/m1/s1. The number of hydrogen-bond donors (Lipinski definition) is 4. The monoisotopic (exact) mass is 626 g/mol. The first kappa shape index (κ1) is 32.5. The molecule has 0 bridgehead atoms. The van der Waals surface area contributed by atoms with Crippen molar-refractivity contribution in [1.29, 1.82) is 0 Å². The van der Waals surface area contributed by atoms with Crippen molar-refractivity contribution in [2.24, 2.45) is 5.92 Å². The highest BCUT2D eigenvalue weighted by molar-refractivity contribution is 5.96. The molecule has 5 rings (SSSR count). The number of nitrogens with zero attached hydrogens (tertiary/aromatic N) is 1. The molecule has 1 aliphatic carbocycles. The average Bonchev–Trinajstić information content (AvgIpc) is 3.71. The van der Waals surface area contributed by atoms with Crippen LogP contribution in [0.4, 0.5) is 10.5 Å². The van der Waals surface area contributed by atoms with E-state index in [0.29, 0.717) is 23.6 Å². The molecule has 242 valence electrons. The van der Waals surface area contributed by atoms with Crippen molar-refractivity contribution in [3.63, 3.8) is 0 Å². The van der Waals surface area contributed by atoms with Crippen LogP contribution in [0.5, 0.6) is 5.75 Å². The molecule has 0 spiro atoms. The van der Waals surface area contributed by atoms with E-state index >= 15 is 0 Å². The van der Waals surface area contributed by atoms with Crippen LogP contribution in [0.1, 0.15) is 86.9 Å². The summed E-state index contributed by atoms with van der Waals surface area (Å²) in [6.07, 6.45) is 5.79. The van der Waals surface area contributed by atoms with Gasteiger partial charge in [-0.15, -0.1) is 0 Å². The van der Waals surface area contributed by atoms with Crippen molar-refractivity contribution < 1.29 is 23.8 Å². The van der Waals surface area contributed by atoms with Gasteiger partial charge in [-0.2, -0.15) is 0 Å². The summed E-state index contributed by atoms with van der Waals surface area (Å²) in [4.78, 5) is 46.6. The minimum atomic E-state index is -0.954. The van der Waals surface area contributed by atoms with Gasteiger partial charge in [-0.3, -0.25) is 4.79 Å². The predicted octanol–water partition coefficient (Wildman–Crippen LogP) is 6.42. The number of aromatic hydroxyl groups is 1. The molecule has 3 atom stereocenters. The second-order valence-corrected chi connectivity index (χ2v) is 12.9. The molecule has 2 amide bonds. The van der Waals surface area contributed by atoms with Gasteiger partial charge in [-0.25, -0.2) is 14.6 Å². The molecular weight excluding hydrogens is 584 g/mol. The minimum Gasteiger partial charge on any atom is -0.507 e. The molecule has 2 aromatic carbocycles. The van der Waals surface area contributed by atoms with Crippen LogP contribution < -0.4 is 16.3 Å². The molecule has 1 aliphatic rings. The lowest BCUT2D eigenvalue weighted by molar-refractivity contribution is -0.118. The molecule has 4 aromatic rings. The fraction of sp³-hybridized carbons (Fsp3) is 0.389. The summed E-state index contributed by atoms with van der Waals surface area (Å²) in [6.45, 7) is 7.28. The molecule has 0 aliphatic heterocycles. The lowest BCUT2D eigenvalue weighted by atomic mass is 9.86. The van der Waals surface area contributed by atoms with Gasteiger partial charge in [-0.1, -0.05) is 49.4 Å². The first-order valence-corrected chi connectivity index (χ1v) is 15.8. The molecule has 1 fully saturated rings. The van der Waals surface area contributed by atoms with Crippen LogP contribution in [0.15, 0.2) is 82.4 Å². The number of rotatable bonds is 12. The first-order valence-electron chi connectivity index (χ1n) is 15.8. The lowest BCUT2D eigenvalue weighted by Crippen LogP contribution is -2.47. The van der Waals surface area contributed by atoms with Crippen molar-refractivity contribution in [3.8, 4) is 5.75 Å². The van der Waals surface area contributed by atoms with Gasteiger partial charge in [0.1, 0.15) is 23.2 Å². The van der Waals surface area contributed by atoms with Gasteiger partial charge in [0.15, 0.2) is 0 Å².